The van der Waals surface area contributed by atoms with Crippen molar-refractivity contribution in [1.82, 2.24) is 14.9 Å². The highest BCUT2D eigenvalue weighted by molar-refractivity contribution is 9.11. The van der Waals surface area contributed by atoms with E-state index in [1.54, 1.807) is 30.6 Å². The molecule has 0 aliphatic carbocycles. The fourth-order valence-corrected chi connectivity index (χ4v) is 3.83. The molecule has 1 aromatic carbocycles. The average molecular weight is 395 g/mol. The quantitative estimate of drug-likeness (QED) is 0.836. The van der Waals surface area contributed by atoms with Crippen molar-refractivity contribution in [3.63, 3.8) is 0 Å². The minimum absolute atomic E-state index is 0.192. The highest BCUT2D eigenvalue weighted by Crippen LogP contribution is 2.25. The molecule has 0 saturated carbocycles. The summed E-state index contributed by atoms with van der Waals surface area (Å²) in [5, 5.41) is 6.38. The molecule has 0 saturated heterocycles. The second-order valence-corrected chi connectivity index (χ2v) is 7.01. The maximum atomic E-state index is 12.1. The number of sulfonamides is 1. The predicted octanol–water partition coefficient (Wildman–Crippen LogP) is 2.41. The first kappa shape index (κ1) is 13.7. The molecule has 0 spiro atoms. The summed E-state index contributed by atoms with van der Waals surface area (Å²) in [4.78, 5) is 0.195. The third kappa shape index (κ3) is 3.19. The van der Waals surface area contributed by atoms with Crippen LogP contribution in [-0.2, 0) is 16.6 Å². The second-order valence-electron chi connectivity index (χ2n) is 3.51. The third-order valence-electron chi connectivity index (χ3n) is 2.20. The van der Waals surface area contributed by atoms with Crippen LogP contribution < -0.4 is 4.72 Å². The summed E-state index contributed by atoms with van der Waals surface area (Å²) in [7, 11) is -3.56. The van der Waals surface area contributed by atoms with Crippen molar-refractivity contribution in [1.29, 1.82) is 0 Å². The molecule has 2 aromatic rings. The Morgan fingerprint density at radius 1 is 1.33 bits per heavy atom. The summed E-state index contributed by atoms with van der Waals surface area (Å²) in [6.07, 6.45) is 3.21. The number of nitrogens with one attached hydrogen (secondary N) is 2. The zero-order valence-electron chi connectivity index (χ0n) is 9.02. The zero-order valence-corrected chi connectivity index (χ0v) is 13.0. The zero-order chi connectivity index (χ0) is 13.2. The first-order valence-corrected chi connectivity index (χ1v) is 7.98. The lowest BCUT2D eigenvalue weighted by Gasteiger charge is -2.08. The molecular formula is C10H9Br2N3O2S. The molecule has 0 aliphatic rings. The molecule has 0 aliphatic heterocycles. The number of H-pyrrole nitrogens is 1. The van der Waals surface area contributed by atoms with Crippen LogP contribution in [0.2, 0.25) is 0 Å². The Morgan fingerprint density at radius 3 is 2.78 bits per heavy atom. The highest BCUT2D eigenvalue weighted by Gasteiger charge is 2.17. The third-order valence-corrected chi connectivity index (χ3v) is 5.09. The van der Waals surface area contributed by atoms with Gasteiger partial charge in [-0.1, -0.05) is 15.9 Å². The summed E-state index contributed by atoms with van der Waals surface area (Å²) >= 11 is 6.48. The standard InChI is InChI=1S/C10H9Br2N3O2S/c11-8-1-2-9(12)10(3-8)18(16,17)15-6-7-4-13-14-5-7/h1-5,15H,6H2,(H,13,14). The molecule has 0 unspecified atom stereocenters. The van der Waals surface area contributed by atoms with E-state index in [9.17, 15) is 8.42 Å². The van der Waals surface area contributed by atoms with E-state index in [1.165, 1.54) is 0 Å². The highest BCUT2D eigenvalue weighted by atomic mass is 79.9. The molecule has 5 nitrogen and oxygen atoms in total. The fourth-order valence-electron chi connectivity index (χ4n) is 1.31. The van der Waals surface area contributed by atoms with Crippen molar-refractivity contribution < 1.29 is 8.42 Å². The lowest BCUT2D eigenvalue weighted by Crippen LogP contribution is -2.23. The topological polar surface area (TPSA) is 74.8 Å². The van der Waals surface area contributed by atoms with Gasteiger partial charge in [0, 0.05) is 27.3 Å². The molecule has 0 bridgehead atoms. The van der Waals surface area contributed by atoms with Crippen LogP contribution in [-0.4, -0.2) is 18.6 Å². The van der Waals surface area contributed by atoms with Gasteiger partial charge in [-0.05, 0) is 34.1 Å². The van der Waals surface area contributed by atoms with Crippen LogP contribution in [0.1, 0.15) is 5.56 Å². The van der Waals surface area contributed by atoms with Crippen LogP contribution >= 0.6 is 31.9 Å². The lowest BCUT2D eigenvalue weighted by atomic mass is 10.4. The van der Waals surface area contributed by atoms with Gasteiger partial charge in [0.25, 0.3) is 0 Å². The van der Waals surface area contributed by atoms with Crippen molar-refractivity contribution in [3.05, 3.63) is 45.1 Å². The van der Waals surface area contributed by atoms with Gasteiger partial charge in [0.15, 0.2) is 0 Å². The van der Waals surface area contributed by atoms with E-state index >= 15 is 0 Å². The van der Waals surface area contributed by atoms with Crippen LogP contribution in [0.25, 0.3) is 0 Å². The maximum Gasteiger partial charge on any atom is 0.242 e. The SMILES string of the molecule is O=S(=O)(NCc1cn[nH]c1)c1cc(Br)ccc1Br. The summed E-state index contributed by atoms with van der Waals surface area (Å²) in [5.41, 5.74) is 0.768. The van der Waals surface area contributed by atoms with Crippen molar-refractivity contribution in [3.8, 4) is 0 Å². The smallest absolute Gasteiger partial charge is 0.242 e. The molecule has 0 radical (unpaired) electrons. The fraction of sp³-hybridized carbons (Fsp3) is 0.100. The molecule has 2 rings (SSSR count). The number of benzene rings is 1. The number of hydrogen-bond acceptors (Lipinski definition) is 3. The van der Waals surface area contributed by atoms with E-state index in [-0.39, 0.29) is 11.4 Å². The Balaban J connectivity index is 2.22. The van der Waals surface area contributed by atoms with Gasteiger partial charge in [-0.15, -0.1) is 0 Å². The van der Waals surface area contributed by atoms with Crippen molar-refractivity contribution in [2.75, 3.05) is 0 Å². The molecule has 18 heavy (non-hydrogen) atoms. The van der Waals surface area contributed by atoms with Gasteiger partial charge >= 0.3 is 0 Å². The van der Waals surface area contributed by atoms with Crippen LogP contribution in [0.3, 0.4) is 0 Å². The summed E-state index contributed by atoms with van der Waals surface area (Å²) < 4.78 is 27.9. The average Bonchev–Trinajstić information content (AvgIpc) is 2.83. The van der Waals surface area contributed by atoms with Gasteiger partial charge in [0.2, 0.25) is 10.0 Å². The van der Waals surface area contributed by atoms with Crippen LogP contribution in [0.4, 0.5) is 0 Å². The first-order chi connectivity index (χ1) is 8.49. The van der Waals surface area contributed by atoms with Gasteiger partial charge < -0.3 is 0 Å². The minimum Gasteiger partial charge on any atom is -0.285 e. The minimum atomic E-state index is -3.56. The molecule has 96 valence electrons. The molecular weight excluding hydrogens is 386 g/mol. The van der Waals surface area contributed by atoms with Crippen LogP contribution in [0, 0.1) is 0 Å². The van der Waals surface area contributed by atoms with Crippen LogP contribution in [0.15, 0.2) is 44.4 Å². The van der Waals surface area contributed by atoms with Crippen molar-refractivity contribution in [2.24, 2.45) is 0 Å². The molecule has 0 atom stereocenters. The summed E-state index contributed by atoms with van der Waals surface area (Å²) in [5.74, 6) is 0. The number of nitrogens with zero attached hydrogens (tertiary/aromatic N) is 1. The summed E-state index contributed by atoms with van der Waals surface area (Å²) in [6, 6.07) is 4.98. The van der Waals surface area contributed by atoms with Crippen molar-refractivity contribution in [2.45, 2.75) is 11.4 Å². The Kier molecular flexibility index (Phi) is 4.21. The molecule has 1 aromatic heterocycles. The normalized spacial score (nSPS) is 11.7. The number of rotatable bonds is 4. The Hall–Kier alpha value is -0.700. The Morgan fingerprint density at radius 2 is 2.11 bits per heavy atom. The maximum absolute atomic E-state index is 12.1. The number of halogens is 2. The van der Waals surface area contributed by atoms with E-state index in [4.69, 9.17) is 0 Å². The molecule has 1 heterocycles. The van der Waals surface area contributed by atoms with Crippen molar-refractivity contribution >= 4 is 41.9 Å². The largest absolute Gasteiger partial charge is 0.285 e. The second kappa shape index (κ2) is 5.52. The molecule has 8 heteroatoms. The molecule has 0 fully saturated rings. The summed E-state index contributed by atoms with van der Waals surface area (Å²) in [6.45, 7) is 0.192. The van der Waals surface area contributed by atoms with E-state index in [0.29, 0.717) is 8.95 Å². The Labute approximate surface area is 121 Å². The molecule has 2 N–H and O–H groups in total. The number of hydrogen-bond donors (Lipinski definition) is 2. The number of aromatic nitrogens is 2. The van der Waals surface area contributed by atoms with Crippen LogP contribution in [0.5, 0.6) is 0 Å². The number of aromatic amines is 1. The Bertz CT molecular complexity index is 641. The predicted molar refractivity (Wildman–Crippen MR) is 74.5 cm³/mol. The van der Waals surface area contributed by atoms with Gasteiger partial charge in [0.05, 0.1) is 11.1 Å². The van der Waals surface area contributed by atoms with E-state index in [1.807, 2.05) is 0 Å². The lowest BCUT2D eigenvalue weighted by molar-refractivity contribution is 0.581. The van der Waals surface area contributed by atoms with Gasteiger partial charge in [-0.3, -0.25) is 5.10 Å². The first-order valence-electron chi connectivity index (χ1n) is 4.91. The van der Waals surface area contributed by atoms with E-state index < -0.39 is 10.0 Å². The van der Waals surface area contributed by atoms with Gasteiger partial charge in [-0.25, -0.2) is 13.1 Å². The van der Waals surface area contributed by atoms with E-state index in [0.717, 1.165) is 5.56 Å². The molecule has 0 amide bonds. The van der Waals surface area contributed by atoms with E-state index in [2.05, 4.69) is 46.8 Å². The van der Waals surface area contributed by atoms with Gasteiger partial charge in [0.1, 0.15) is 0 Å². The van der Waals surface area contributed by atoms with Gasteiger partial charge in [-0.2, -0.15) is 5.10 Å². The monoisotopic (exact) mass is 393 g/mol.